The molecule has 1 aromatic rings. The molecule has 2 atom stereocenters. The first-order valence-electron chi connectivity index (χ1n) is 5.06. The highest BCUT2D eigenvalue weighted by Crippen LogP contribution is 2.30. The summed E-state index contributed by atoms with van der Waals surface area (Å²) in [7, 11) is 0. The fourth-order valence-electron chi connectivity index (χ4n) is 1.85. The topological polar surface area (TPSA) is 42.4 Å². The van der Waals surface area contributed by atoms with Crippen LogP contribution in [0, 0.1) is 0 Å². The summed E-state index contributed by atoms with van der Waals surface area (Å²) >= 11 is 0. The number of hydrogen-bond donors (Lipinski definition) is 1. The molecule has 0 amide bonds. The quantitative estimate of drug-likeness (QED) is 0.777. The second-order valence-electron chi connectivity index (χ2n) is 3.65. The Hall–Kier alpha value is -0.930. The Balaban J connectivity index is 2.04. The van der Waals surface area contributed by atoms with Gasteiger partial charge in [0.15, 0.2) is 0 Å². The Bertz CT molecular complexity index is 276. The van der Waals surface area contributed by atoms with Gasteiger partial charge in [0.1, 0.15) is 0 Å². The Morgan fingerprint density at radius 1 is 1.50 bits per heavy atom. The van der Waals surface area contributed by atoms with E-state index in [-0.39, 0.29) is 18.8 Å². The normalized spacial score (nSPS) is 27.5. The Morgan fingerprint density at radius 2 is 2.43 bits per heavy atom. The Morgan fingerprint density at radius 3 is 3.14 bits per heavy atom. The molecule has 0 radical (unpaired) electrons. The van der Waals surface area contributed by atoms with E-state index in [0.29, 0.717) is 0 Å². The number of aromatic nitrogens is 1. The molecule has 1 aromatic heterocycles. The molecule has 2 heterocycles. The Labute approximate surface area is 83.7 Å². The molecule has 0 spiro atoms. The largest absolute Gasteiger partial charge is 0.394 e. The first kappa shape index (κ1) is 9.62. The van der Waals surface area contributed by atoms with Gasteiger partial charge < -0.3 is 9.84 Å². The van der Waals surface area contributed by atoms with Crippen molar-refractivity contribution in [2.75, 3.05) is 6.61 Å². The maximum absolute atomic E-state index is 9.02. The van der Waals surface area contributed by atoms with Crippen LogP contribution in [-0.2, 0) is 4.74 Å². The lowest BCUT2D eigenvalue weighted by atomic mass is 10.00. The monoisotopic (exact) mass is 193 g/mol. The average Bonchev–Trinajstić information content (AvgIpc) is 2.30. The van der Waals surface area contributed by atoms with E-state index in [2.05, 4.69) is 4.98 Å². The lowest BCUT2D eigenvalue weighted by molar-refractivity contribution is -0.0738. The van der Waals surface area contributed by atoms with Gasteiger partial charge in [0.2, 0.25) is 0 Å². The minimum absolute atomic E-state index is 0.00829. The SMILES string of the molecule is OCC1CCCC(c2cccnc2)O1. The van der Waals surface area contributed by atoms with Crippen LogP contribution in [0.2, 0.25) is 0 Å². The van der Waals surface area contributed by atoms with Crippen LogP contribution in [0.3, 0.4) is 0 Å². The number of nitrogens with zero attached hydrogens (tertiary/aromatic N) is 1. The molecule has 14 heavy (non-hydrogen) atoms. The van der Waals surface area contributed by atoms with E-state index in [4.69, 9.17) is 9.84 Å². The van der Waals surface area contributed by atoms with Crippen LogP contribution in [0.25, 0.3) is 0 Å². The van der Waals surface area contributed by atoms with E-state index in [0.717, 1.165) is 24.8 Å². The summed E-state index contributed by atoms with van der Waals surface area (Å²) in [6, 6.07) is 3.94. The number of hydrogen-bond acceptors (Lipinski definition) is 3. The van der Waals surface area contributed by atoms with Crippen molar-refractivity contribution >= 4 is 0 Å². The smallest absolute Gasteiger partial charge is 0.0844 e. The molecule has 1 N–H and O–H groups in total. The maximum Gasteiger partial charge on any atom is 0.0844 e. The number of aliphatic hydroxyl groups is 1. The van der Waals surface area contributed by atoms with E-state index in [9.17, 15) is 0 Å². The molecule has 1 aliphatic heterocycles. The number of aliphatic hydroxyl groups excluding tert-OH is 1. The van der Waals surface area contributed by atoms with Gasteiger partial charge in [-0.2, -0.15) is 0 Å². The molecule has 1 aliphatic rings. The van der Waals surface area contributed by atoms with E-state index in [1.165, 1.54) is 0 Å². The fraction of sp³-hybridized carbons (Fsp3) is 0.545. The van der Waals surface area contributed by atoms with Gasteiger partial charge in [-0.1, -0.05) is 6.07 Å². The summed E-state index contributed by atoms with van der Waals surface area (Å²) in [6.45, 7) is 0.122. The van der Waals surface area contributed by atoms with Crippen molar-refractivity contribution in [2.45, 2.75) is 31.5 Å². The molecule has 1 saturated heterocycles. The summed E-state index contributed by atoms with van der Waals surface area (Å²) in [6.07, 6.45) is 6.84. The number of rotatable bonds is 2. The zero-order chi connectivity index (χ0) is 9.80. The van der Waals surface area contributed by atoms with Crippen LogP contribution >= 0.6 is 0 Å². The van der Waals surface area contributed by atoms with Crippen LogP contribution in [0.4, 0.5) is 0 Å². The van der Waals surface area contributed by atoms with Gasteiger partial charge in [-0.25, -0.2) is 0 Å². The maximum atomic E-state index is 9.02. The molecule has 3 nitrogen and oxygen atoms in total. The van der Waals surface area contributed by atoms with Crippen LogP contribution in [0.1, 0.15) is 30.9 Å². The van der Waals surface area contributed by atoms with Crippen LogP contribution in [-0.4, -0.2) is 22.8 Å². The third-order valence-electron chi connectivity index (χ3n) is 2.61. The first-order valence-corrected chi connectivity index (χ1v) is 5.06. The fourth-order valence-corrected chi connectivity index (χ4v) is 1.85. The van der Waals surface area contributed by atoms with Gasteiger partial charge in [0.25, 0.3) is 0 Å². The highest BCUT2D eigenvalue weighted by atomic mass is 16.5. The summed E-state index contributed by atoms with van der Waals surface area (Å²) < 4.78 is 5.73. The van der Waals surface area contributed by atoms with E-state index in [1.807, 2.05) is 18.3 Å². The van der Waals surface area contributed by atoms with Gasteiger partial charge in [-0.3, -0.25) is 4.98 Å². The summed E-state index contributed by atoms with van der Waals surface area (Å²) in [5.41, 5.74) is 1.12. The van der Waals surface area contributed by atoms with Crippen LogP contribution in [0.5, 0.6) is 0 Å². The van der Waals surface area contributed by atoms with Crippen molar-refractivity contribution in [2.24, 2.45) is 0 Å². The van der Waals surface area contributed by atoms with Crippen molar-refractivity contribution in [1.29, 1.82) is 0 Å². The molecule has 0 aromatic carbocycles. The van der Waals surface area contributed by atoms with Crippen LogP contribution < -0.4 is 0 Å². The van der Waals surface area contributed by atoms with Crippen molar-refractivity contribution < 1.29 is 9.84 Å². The van der Waals surface area contributed by atoms with E-state index < -0.39 is 0 Å². The predicted molar refractivity (Wildman–Crippen MR) is 52.8 cm³/mol. The highest BCUT2D eigenvalue weighted by molar-refractivity contribution is 5.12. The van der Waals surface area contributed by atoms with Crippen LogP contribution in [0.15, 0.2) is 24.5 Å². The highest BCUT2D eigenvalue weighted by Gasteiger charge is 2.22. The first-order chi connectivity index (χ1) is 6.90. The molecule has 2 rings (SSSR count). The lowest BCUT2D eigenvalue weighted by Crippen LogP contribution is -2.25. The van der Waals surface area contributed by atoms with Crippen molar-refractivity contribution in [3.63, 3.8) is 0 Å². The predicted octanol–water partition coefficient (Wildman–Crippen LogP) is 1.68. The summed E-state index contributed by atoms with van der Waals surface area (Å²) in [5.74, 6) is 0. The van der Waals surface area contributed by atoms with E-state index in [1.54, 1.807) is 6.20 Å². The standard InChI is InChI=1S/C11H15NO2/c13-8-10-4-1-5-11(14-10)9-3-2-6-12-7-9/h2-3,6-7,10-11,13H,1,4-5,8H2. The molecular weight excluding hydrogens is 178 g/mol. The minimum Gasteiger partial charge on any atom is -0.394 e. The minimum atomic E-state index is 0.00829. The van der Waals surface area contributed by atoms with Gasteiger partial charge in [-0.15, -0.1) is 0 Å². The second-order valence-corrected chi connectivity index (χ2v) is 3.65. The average molecular weight is 193 g/mol. The molecular formula is C11H15NO2. The molecule has 76 valence electrons. The molecule has 0 aliphatic carbocycles. The Kier molecular flexibility index (Phi) is 3.11. The van der Waals surface area contributed by atoms with Crippen molar-refractivity contribution in [1.82, 2.24) is 4.98 Å². The molecule has 0 saturated carbocycles. The second kappa shape index (κ2) is 4.53. The van der Waals surface area contributed by atoms with E-state index >= 15 is 0 Å². The molecule has 0 bridgehead atoms. The zero-order valence-electron chi connectivity index (χ0n) is 8.10. The zero-order valence-corrected chi connectivity index (χ0v) is 8.10. The summed E-state index contributed by atoms with van der Waals surface area (Å²) in [4.78, 5) is 4.07. The number of pyridine rings is 1. The third-order valence-corrected chi connectivity index (χ3v) is 2.61. The molecule has 1 fully saturated rings. The lowest BCUT2D eigenvalue weighted by Gasteiger charge is -2.28. The van der Waals surface area contributed by atoms with Gasteiger partial charge in [0.05, 0.1) is 18.8 Å². The van der Waals surface area contributed by atoms with Gasteiger partial charge in [-0.05, 0) is 30.9 Å². The van der Waals surface area contributed by atoms with Gasteiger partial charge >= 0.3 is 0 Å². The number of ether oxygens (including phenoxy) is 1. The van der Waals surface area contributed by atoms with Crippen molar-refractivity contribution in [3.8, 4) is 0 Å². The van der Waals surface area contributed by atoms with Crippen molar-refractivity contribution in [3.05, 3.63) is 30.1 Å². The molecule has 2 unspecified atom stereocenters. The third kappa shape index (κ3) is 2.11. The van der Waals surface area contributed by atoms with Gasteiger partial charge in [0, 0.05) is 12.4 Å². The molecule has 3 heteroatoms. The summed E-state index contributed by atoms with van der Waals surface area (Å²) in [5, 5.41) is 9.02.